The van der Waals surface area contributed by atoms with E-state index in [1.807, 2.05) is 5.01 Å². The Bertz CT molecular complexity index is 462. The lowest BCUT2D eigenvalue weighted by atomic mass is 9.99. The first-order valence-corrected chi connectivity index (χ1v) is 7.91. The minimum absolute atomic E-state index is 0.0283. The van der Waals surface area contributed by atoms with Crippen molar-refractivity contribution in [3.05, 3.63) is 11.2 Å². The summed E-state index contributed by atoms with van der Waals surface area (Å²) >= 11 is 6.00. The fourth-order valence-electron chi connectivity index (χ4n) is 3.31. The van der Waals surface area contributed by atoms with Gasteiger partial charge in [-0.15, -0.1) is 0 Å². The van der Waals surface area contributed by atoms with Crippen LogP contribution in [0.2, 0.25) is 0 Å². The van der Waals surface area contributed by atoms with Crippen molar-refractivity contribution in [3.63, 3.8) is 0 Å². The van der Waals surface area contributed by atoms with Crippen LogP contribution >= 0.6 is 11.6 Å². The van der Waals surface area contributed by atoms with Gasteiger partial charge < -0.3 is 26.4 Å². The van der Waals surface area contributed by atoms with Gasteiger partial charge >= 0.3 is 0 Å². The van der Waals surface area contributed by atoms with Crippen LogP contribution in [-0.2, 0) is 9.53 Å². The van der Waals surface area contributed by atoms with Crippen molar-refractivity contribution in [1.29, 1.82) is 0 Å². The number of halogens is 1. The molecular formula is C13H23ClN6O2. The highest BCUT2D eigenvalue weighted by molar-refractivity contribution is 6.29. The molecule has 9 heteroatoms. The zero-order valence-corrected chi connectivity index (χ0v) is 13.3. The van der Waals surface area contributed by atoms with Gasteiger partial charge in [0.25, 0.3) is 0 Å². The number of ether oxygens (including phenoxy) is 1. The van der Waals surface area contributed by atoms with Crippen molar-refractivity contribution < 1.29 is 9.53 Å². The molecule has 5 atom stereocenters. The third-order valence-corrected chi connectivity index (χ3v) is 4.69. The van der Waals surface area contributed by atoms with Crippen molar-refractivity contribution in [1.82, 2.24) is 26.4 Å². The van der Waals surface area contributed by atoms with Crippen LogP contribution in [0.5, 0.6) is 0 Å². The van der Waals surface area contributed by atoms with Gasteiger partial charge in [0.05, 0.1) is 24.9 Å². The molecule has 3 aliphatic heterocycles. The molecule has 2 saturated heterocycles. The molecule has 0 spiro atoms. The van der Waals surface area contributed by atoms with Gasteiger partial charge in [0.1, 0.15) is 12.1 Å². The van der Waals surface area contributed by atoms with E-state index in [9.17, 15) is 4.79 Å². The molecule has 0 aromatic heterocycles. The van der Waals surface area contributed by atoms with Crippen molar-refractivity contribution in [3.8, 4) is 0 Å². The summed E-state index contributed by atoms with van der Waals surface area (Å²) in [6, 6.07) is -0.0461. The number of fused-ring (bicyclic) bond motifs is 1. The van der Waals surface area contributed by atoms with E-state index in [-0.39, 0.29) is 24.2 Å². The van der Waals surface area contributed by atoms with Crippen LogP contribution in [0, 0.1) is 5.92 Å². The highest BCUT2D eigenvalue weighted by Gasteiger charge is 2.46. The zero-order chi connectivity index (χ0) is 15.7. The van der Waals surface area contributed by atoms with Crippen LogP contribution in [0.15, 0.2) is 11.2 Å². The molecule has 3 aliphatic rings. The molecule has 0 aliphatic carbocycles. The van der Waals surface area contributed by atoms with Gasteiger partial charge in [-0.05, 0) is 13.0 Å². The summed E-state index contributed by atoms with van der Waals surface area (Å²) in [6.45, 7) is 2.13. The van der Waals surface area contributed by atoms with E-state index in [2.05, 4.69) is 21.4 Å². The number of hydrogen-bond acceptors (Lipinski definition) is 7. The lowest BCUT2D eigenvalue weighted by molar-refractivity contribution is -0.128. The molecule has 0 aromatic rings. The number of nitrogens with two attached hydrogens (primary N) is 1. The minimum atomic E-state index is -0.453. The topological polar surface area (TPSA) is 104 Å². The Morgan fingerprint density at radius 2 is 2.41 bits per heavy atom. The molecule has 0 radical (unpaired) electrons. The number of rotatable bonds is 3. The van der Waals surface area contributed by atoms with Gasteiger partial charge in [-0.3, -0.25) is 4.79 Å². The Balaban J connectivity index is 1.66. The predicted octanol–water partition coefficient (Wildman–Crippen LogP) is -1.79. The quantitative estimate of drug-likeness (QED) is 0.416. The van der Waals surface area contributed by atoms with Crippen molar-refractivity contribution >= 4 is 17.5 Å². The lowest BCUT2D eigenvalue weighted by Gasteiger charge is -2.34. The molecule has 1 amide bonds. The SMILES string of the molecule is COC1CCNCC1NC(=O)C1C(N)NN2CC(Cl)=CNC12. The molecule has 8 nitrogen and oxygen atoms in total. The molecule has 124 valence electrons. The first-order chi connectivity index (χ1) is 10.6. The maximum Gasteiger partial charge on any atom is 0.229 e. The summed E-state index contributed by atoms with van der Waals surface area (Å²) in [5.74, 6) is -0.484. The van der Waals surface area contributed by atoms with Gasteiger partial charge in [0.2, 0.25) is 5.91 Å². The smallest absolute Gasteiger partial charge is 0.229 e. The minimum Gasteiger partial charge on any atom is -0.379 e. The number of nitrogens with one attached hydrogen (secondary N) is 4. The van der Waals surface area contributed by atoms with Gasteiger partial charge in [-0.1, -0.05) is 11.6 Å². The third kappa shape index (κ3) is 3.08. The molecule has 5 unspecified atom stereocenters. The number of carbonyl (C=O) groups excluding carboxylic acids is 1. The largest absolute Gasteiger partial charge is 0.379 e. The van der Waals surface area contributed by atoms with Crippen LogP contribution in [0.1, 0.15) is 6.42 Å². The monoisotopic (exact) mass is 330 g/mol. The first kappa shape index (κ1) is 16.0. The molecule has 3 rings (SSSR count). The van der Waals surface area contributed by atoms with E-state index in [0.29, 0.717) is 18.1 Å². The number of piperidine rings is 1. The summed E-state index contributed by atoms with van der Waals surface area (Å²) in [5, 5.41) is 12.0. The van der Waals surface area contributed by atoms with Crippen LogP contribution < -0.4 is 27.1 Å². The molecular weight excluding hydrogens is 308 g/mol. The summed E-state index contributed by atoms with van der Waals surface area (Å²) in [7, 11) is 1.68. The summed E-state index contributed by atoms with van der Waals surface area (Å²) < 4.78 is 5.46. The van der Waals surface area contributed by atoms with E-state index in [1.54, 1.807) is 13.3 Å². The van der Waals surface area contributed by atoms with Gasteiger partial charge in [0.15, 0.2) is 0 Å². The fourth-order valence-corrected chi connectivity index (χ4v) is 3.50. The summed E-state index contributed by atoms with van der Waals surface area (Å²) in [6.07, 6.45) is 1.98. The van der Waals surface area contributed by atoms with Crippen LogP contribution in [0.3, 0.4) is 0 Å². The summed E-state index contributed by atoms with van der Waals surface area (Å²) in [5.41, 5.74) is 9.19. The maximum atomic E-state index is 12.7. The van der Waals surface area contributed by atoms with E-state index < -0.39 is 12.1 Å². The standard InChI is InChI=1S/C13H23ClN6O2/c1-22-9-2-3-16-5-8(9)18-13(21)10-11(15)19-20-6-7(14)4-17-12(10)20/h4,8-12,16-17,19H,2-3,5-6,15H2,1H3,(H,18,21). The molecule has 0 saturated carbocycles. The van der Waals surface area contributed by atoms with Crippen molar-refractivity contribution in [2.75, 3.05) is 26.7 Å². The highest BCUT2D eigenvalue weighted by atomic mass is 35.5. The highest BCUT2D eigenvalue weighted by Crippen LogP contribution is 2.23. The van der Waals surface area contributed by atoms with Crippen molar-refractivity contribution in [2.45, 2.75) is 30.9 Å². The first-order valence-electron chi connectivity index (χ1n) is 7.53. The van der Waals surface area contributed by atoms with Crippen LogP contribution in [0.25, 0.3) is 0 Å². The Morgan fingerprint density at radius 3 is 3.18 bits per heavy atom. The molecule has 0 aromatic carbocycles. The Labute approximate surface area is 134 Å². The Kier molecular flexibility index (Phi) is 4.86. The van der Waals surface area contributed by atoms with E-state index in [1.165, 1.54) is 0 Å². The second kappa shape index (κ2) is 6.69. The number of hydrogen-bond donors (Lipinski definition) is 5. The van der Waals surface area contributed by atoms with Crippen LogP contribution in [-0.4, -0.2) is 62.1 Å². The summed E-state index contributed by atoms with van der Waals surface area (Å²) in [4.78, 5) is 12.7. The molecule has 2 fully saturated rings. The normalized spacial score (nSPS) is 38.9. The second-order valence-electron chi connectivity index (χ2n) is 5.89. The maximum absolute atomic E-state index is 12.7. The van der Waals surface area contributed by atoms with Gasteiger partial charge in [0, 0.05) is 24.9 Å². The lowest BCUT2D eigenvalue weighted by Crippen LogP contribution is -2.59. The number of methoxy groups -OCH3 is 1. The molecule has 22 heavy (non-hydrogen) atoms. The third-order valence-electron chi connectivity index (χ3n) is 4.46. The fraction of sp³-hybridized carbons (Fsp3) is 0.769. The second-order valence-corrected chi connectivity index (χ2v) is 6.38. The van der Waals surface area contributed by atoms with E-state index in [4.69, 9.17) is 22.1 Å². The van der Waals surface area contributed by atoms with Gasteiger partial charge in [-0.2, -0.15) is 0 Å². The number of hydrazine groups is 1. The van der Waals surface area contributed by atoms with Crippen LogP contribution in [0.4, 0.5) is 0 Å². The van der Waals surface area contributed by atoms with Crippen molar-refractivity contribution in [2.24, 2.45) is 11.7 Å². The van der Waals surface area contributed by atoms with E-state index in [0.717, 1.165) is 13.0 Å². The number of carbonyl (C=O) groups is 1. The van der Waals surface area contributed by atoms with E-state index >= 15 is 0 Å². The molecule has 3 heterocycles. The number of amides is 1. The average molecular weight is 331 g/mol. The predicted molar refractivity (Wildman–Crippen MR) is 82.4 cm³/mol. The van der Waals surface area contributed by atoms with Gasteiger partial charge in [-0.25, -0.2) is 10.4 Å². The Hall–Kier alpha value is -0.900. The average Bonchev–Trinajstić information content (AvgIpc) is 2.82. The molecule has 6 N–H and O–H groups in total. The Morgan fingerprint density at radius 1 is 1.59 bits per heavy atom. The molecule has 0 bridgehead atoms. The number of nitrogens with zero attached hydrogens (tertiary/aromatic N) is 1. The zero-order valence-electron chi connectivity index (χ0n) is 12.5.